The van der Waals surface area contributed by atoms with Gasteiger partial charge in [0.05, 0.1) is 6.61 Å². The second-order valence-corrected chi connectivity index (χ2v) is 4.83. The molecular formula is C13H21NO2. The molecule has 3 heteroatoms. The van der Waals surface area contributed by atoms with Gasteiger partial charge in [0, 0.05) is 11.5 Å². The van der Waals surface area contributed by atoms with Gasteiger partial charge < -0.3 is 10.4 Å². The Bertz CT molecular complexity index is 286. The van der Waals surface area contributed by atoms with Gasteiger partial charge in [0.1, 0.15) is 0 Å². The fourth-order valence-corrected chi connectivity index (χ4v) is 2.44. The van der Waals surface area contributed by atoms with Crippen LogP contribution >= 0.6 is 0 Å². The SMILES string of the molecule is C=CC(=O)NC(C(C)C)C1(CO)CC=CC1. The molecular weight excluding hydrogens is 202 g/mol. The van der Waals surface area contributed by atoms with Crippen molar-refractivity contribution < 1.29 is 9.90 Å². The zero-order valence-electron chi connectivity index (χ0n) is 10.1. The molecule has 16 heavy (non-hydrogen) atoms. The van der Waals surface area contributed by atoms with Gasteiger partial charge in [0.2, 0.25) is 5.91 Å². The second kappa shape index (κ2) is 5.30. The van der Waals surface area contributed by atoms with Crippen molar-refractivity contribution in [3.05, 3.63) is 24.8 Å². The third-order valence-electron chi connectivity index (χ3n) is 3.34. The number of carbonyl (C=O) groups excluding carboxylic acids is 1. The smallest absolute Gasteiger partial charge is 0.243 e. The number of allylic oxidation sites excluding steroid dienone is 2. The molecule has 3 nitrogen and oxygen atoms in total. The maximum absolute atomic E-state index is 11.4. The summed E-state index contributed by atoms with van der Waals surface area (Å²) in [6, 6.07) is -0.0157. The zero-order chi connectivity index (χ0) is 12.2. The molecule has 2 N–H and O–H groups in total. The van der Waals surface area contributed by atoms with Crippen LogP contribution in [0.3, 0.4) is 0 Å². The third kappa shape index (κ3) is 2.53. The molecule has 1 aliphatic rings. The lowest BCUT2D eigenvalue weighted by Gasteiger charge is -2.39. The molecule has 1 amide bonds. The molecule has 0 aromatic carbocycles. The van der Waals surface area contributed by atoms with Crippen molar-refractivity contribution >= 4 is 5.91 Å². The lowest BCUT2D eigenvalue weighted by atomic mass is 9.74. The zero-order valence-corrected chi connectivity index (χ0v) is 10.1. The lowest BCUT2D eigenvalue weighted by Crippen LogP contribution is -2.51. The van der Waals surface area contributed by atoms with Gasteiger partial charge >= 0.3 is 0 Å². The van der Waals surface area contributed by atoms with Crippen LogP contribution < -0.4 is 5.32 Å². The Morgan fingerprint density at radius 1 is 1.56 bits per heavy atom. The molecule has 0 saturated heterocycles. The second-order valence-electron chi connectivity index (χ2n) is 4.83. The first-order chi connectivity index (χ1) is 7.55. The summed E-state index contributed by atoms with van der Waals surface area (Å²) in [4.78, 5) is 11.4. The van der Waals surface area contributed by atoms with Crippen LogP contribution in [-0.2, 0) is 4.79 Å². The lowest BCUT2D eigenvalue weighted by molar-refractivity contribution is -0.118. The summed E-state index contributed by atoms with van der Waals surface area (Å²) in [5.74, 6) is 0.120. The van der Waals surface area contributed by atoms with Crippen molar-refractivity contribution in [1.82, 2.24) is 5.32 Å². The minimum atomic E-state index is -0.229. The molecule has 0 saturated carbocycles. The van der Waals surface area contributed by atoms with Crippen molar-refractivity contribution in [1.29, 1.82) is 0 Å². The van der Waals surface area contributed by atoms with Crippen LogP contribution in [0.5, 0.6) is 0 Å². The van der Waals surface area contributed by atoms with Crippen molar-refractivity contribution in [3.63, 3.8) is 0 Å². The van der Waals surface area contributed by atoms with E-state index in [2.05, 4.69) is 37.9 Å². The monoisotopic (exact) mass is 223 g/mol. The molecule has 90 valence electrons. The van der Waals surface area contributed by atoms with E-state index in [1.165, 1.54) is 6.08 Å². The van der Waals surface area contributed by atoms with Crippen LogP contribution in [0.2, 0.25) is 0 Å². The van der Waals surface area contributed by atoms with Gasteiger partial charge in [0.15, 0.2) is 0 Å². The largest absolute Gasteiger partial charge is 0.396 e. The molecule has 0 aromatic heterocycles. The number of aliphatic hydroxyl groups excluding tert-OH is 1. The summed E-state index contributed by atoms with van der Waals surface area (Å²) in [7, 11) is 0. The summed E-state index contributed by atoms with van der Waals surface area (Å²) in [6.45, 7) is 7.67. The van der Waals surface area contributed by atoms with Crippen LogP contribution in [0.15, 0.2) is 24.8 Å². The highest BCUT2D eigenvalue weighted by Crippen LogP contribution is 2.39. The first kappa shape index (κ1) is 13.0. The molecule has 0 spiro atoms. The minimum Gasteiger partial charge on any atom is -0.396 e. The average Bonchev–Trinajstić information content (AvgIpc) is 2.74. The van der Waals surface area contributed by atoms with E-state index in [4.69, 9.17) is 0 Å². The van der Waals surface area contributed by atoms with Gasteiger partial charge in [0.25, 0.3) is 0 Å². The Balaban J connectivity index is 2.83. The van der Waals surface area contributed by atoms with Crippen molar-refractivity contribution in [3.8, 4) is 0 Å². The predicted molar refractivity (Wildman–Crippen MR) is 64.9 cm³/mol. The number of rotatable bonds is 5. The number of aliphatic hydroxyl groups is 1. The van der Waals surface area contributed by atoms with Crippen LogP contribution in [-0.4, -0.2) is 23.7 Å². The summed E-state index contributed by atoms with van der Waals surface area (Å²) >= 11 is 0. The first-order valence-corrected chi connectivity index (χ1v) is 5.74. The Morgan fingerprint density at radius 2 is 2.12 bits per heavy atom. The van der Waals surface area contributed by atoms with E-state index in [0.717, 1.165) is 12.8 Å². The summed E-state index contributed by atoms with van der Waals surface area (Å²) in [5.41, 5.74) is -0.229. The van der Waals surface area contributed by atoms with Gasteiger partial charge in [-0.2, -0.15) is 0 Å². The van der Waals surface area contributed by atoms with Crippen LogP contribution in [0, 0.1) is 11.3 Å². The Morgan fingerprint density at radius 3 is 2.50 bits per heavy atom. The predicted octanol–water partition coefficient (Wildman–Crippen LogP) is 1.64. The summed E-state index contributed by atoms with van der Waals surface area (Å²) in [5, 5.41) is 12.5. The molecule has 0 heterocycles. The van der Waals surface area contributed by atoms with Crippen molar-refractivity contribution in [2.45, 2.75) is 32.7 Å². The van der Waals surface area contributed by atoms with Crippen molar-refractivity contribution in [2.75, 3.05) is 6.61 Å². The number of nitrogens with one attached hydrogen (secondary N) is 1. The van der Waals surface area contributed by atoms with Gasteiger partial charge in [-0.3, -0.25) is 4.79 Å². The fourth-order valence-electron chi connectivity index (χ4n) is 2.44. The van der Waals surface area contributed by atoms with E-state index >= 15 is 0 Å². The Labute approximate surface area is 97.2 Å². The van der Waals surface area contributed by atoms with E-state index < -0.39 is 0 Å². The van der Waals surface area contributed by atoms with Crippen LogP contribution in [0.25, 0.3) is 0 Å². The topological polar surface area (TPSA) is 49.3 Å². The minimum absolute atomic E-state index is 0.0157. The first-order valence-electron chi connectivity index (χ1n) is 5.74. The van der Waals surface area contributed by atoms with Gasteiger partial charge in [-0.05, 0) is 24.8 Å². The molecule has 1 atom stereocenters. The highest BCUT2D eigenvalue weighted by atomic mass is 16.3. The number of hydrogen-bond acceptors (Lipinski definition) is 2. The molecule has 0 bridgehead atoms. The quantitative estimate of drug-likeness (QED) is 0.550. The van der Waals surface area contributed by atoms with E-state index in [0.29, 0.717) is 0 Å². The van der Waals surface area contributed by atoms with Crippen molar-refractivity contribution in [2.24, 2.45) is 11.3 Å². The molecule has 0 fully saturated rings. The summed E-state index contributed by atoms with van der Waals surface area (Å²) in [6.07, 6.45) is 7.08. The summed E-state index contributed by atoms with van der Waals surface area (Å²) < 4.78 is 0. The number of carbonyl (C=O) groups is 1. The highest BCUT2D eigenvalue weighted by Gasteiger charge is 2.40. The average molecular weight is 223 g/mol. The Hall–Kier alpha value is -1.09. The maximum atomic E-state index is 11.4. The van der Waals surface area contributed by atoms with Gasteiger partial charge in [-0.15, -0.1) is 0 Å². The maximum Gasteiger partial charge on any atom is 0.243 e. The van der Waals surface area contributed by atoms with Crippen LogP contribution in [0.4, 0.5) is 0 Å². The normalized spacial score (nSPS) is 19.8. The molecule has 1 rings (SSSR count). The Kier molecular flexibility index (Phi) is 4.30. The standard InChI is InChI=1S/C13H21NO2/c1-4-11(16)14-12(10(2)3)13(9-15)7-5-6-8-13/h4-6,10,12,15H,1,7-9H2,2-3H3,(H,14,16). The van der Waals surface area contributed by atoms with Gasteiger partial charge in [-0.1, -0.05) is 32.6 Å². The van der Waals surface area contributed by atoms with Crippen LogP contribution in [0.1, 0.15) is 26.7 Å². The molecule has 0 radical (unpaired) electrons. The molecule has 0 aliphatic heterocycles. The molecule has 1 aliphatic carbocycles. The number of amides is 1. The molecule has 0 aromatic rings. The molecule has 1 unspecified atom stereocenters. The fraction of sp³-hybridized carbons (Fsp3) is 0.615. The highest BCUT2D eigenvalue weighted by molar-refractivity contribution is 5.87. The number of hydrogen-bond donors (Lipinski definition) is 2. The van der Waals surface area contributed by atoms with E-state index in [1.54, 1.807) is 0 Å². The van der Waals surface area contributed by atoms with E-state index in [1.807, 2.05) is 0 Å². The third-order valence-corrected chi connectivity index (χ3v) is 3.34. The van der Waals surface area contributed by atoms with E-state index in [-0.39, 0.29) is 29.9 Å². The van der Waals surface area contributed by atoms with E-state index in [9.17, 15) is 9.90 Å². The van der Waals surface area contributed by atoms with Gasteiger partial charge in [-0.25, -0.2) is 0 Å².